The van der Waals surface area contributed by atoms with Gasteiger partial charge in [-0.2, -0.15) is 5.26 Å². The van der Waals surface area contributed by atoms with Gasteiger partial charge in [0.2, 0.25) is 0 Å². The smallest absolute Gasteiger partial charge is 0.121 e. The van der Waals surface area contributed by atoms with Crippen molar-refractivity contribution in [1.82, 2.24) is 0 Å². The average molecular weight is 229 g/mol. The summed E-state index contributed by atoms with van der Waals surface area (Å²) in [7, 11) is 1.67. The summed E-state index contributed by atoms with van der Waals surface area (Å²) in [6.45, 7) is 2.02. The number of hydrogen-bond donors (Lipinski definition) is 0. The molecule has 2 nitrogen and oxygen atoms in total. The number of thiophene rings is 1. The number of rotatable bonds is 2. The number of nitrogens with zero attached hydrogens (tertiary/aromatic N) is 1. The number of hydrogen-bond acceptors (Lipinski definition) is 3. The Labute approximate surface area is 98.7 Å². The Kier molecular flexibility index (Phi) is 2.93. The predicted octanol–water partition coefficient (Wildman–Crippen LogP) is 3.60. The quantitative estimate of drug-likeness (QED) is 0.788. The van der Waals surface area contributed by atoms with Gasteiger partial charge in [-0.25, -0.2) is 0 Å². The van der Waals surface area contributed by atoms with Crippen molar-refractivity contribution in [3.8, 4) is 22.3 Å². The first kappa shape index (κ1) is 10.7. The third kappa shape index (κ3) is 1.93. The van der Waals surface area contributed by atoms with Crippen LogP contribution in [-0.4, -0.2) is 7.11 Å². The molecule has 3 heteroatoms. The maximum atomic E-state index is 8.78. The SMILES string of the molecule is COc1ccc(-c2ccc(C#N)s2)cc1C. The minimum atomic E-state index is 0.739. The molecule has 0 spiro atoms. The number of nitriles is 1. The van der Waals surface area contributed by atoms with E-state index in [1.807, 2.05) is 31.2 Å². The van der Waals surface area contributed by atoms with E-state index in [0.717, 1.165) is 26.6 Å². The summed E-state index contributed by atoms with van der Waals surface area (Å²) in [6.07, 6.45) is 0. The Morgan fingerprint density at radius 1 is 1.25 bits per heavy atom. The zero-order chi connectivity index (χ0) is 11.5. The molecule has 2 aromatic rings. The molecule has 0 unspecified atom stereocenters. The van der Waals surface area contributed by atoms with E-state index in [0.29, 0.717) is 0 Å². The second kappa shape index (κ2) is 4.38. The second-order valence-corrected chi connectivity index (χ2v) is 4.54. The van der Waals surface area contributed by atoms with Gasteiger partial charge in [0, 0.05) is 4.88 Å². The zero-order valence-corrected chi connectivity index (χ0v) is 9.97. The van der Waals surface area contributed by atoms with Gasteiger partial charge in [0.25, 0.3) is 0 Å². The van der Waals surface area contributed by atoms with Gasteiger partial charge in [-0.1, -0.05) is 0 Å². The summed E-state index contributed by atoms with van der Waals surface area (Å²) in [5.74, 6) is 0.890. The third-order valence-corrected chi connectivity index (χ3v) is 3.43. The predicted molar refractivity (Wildman–Crippen MR) is 65.8 cm³/mol. The van der Waals surface area contributed by atoms with Crippen molar-refractivity contribution in [3.63, 3.8) is 0 Å². The zero-order valence-electron chi connectivity index (χ0n) is 9.15. The minimum absolute atomic E-state index is 0.739. The highest BCUT2D eigenvalue weighted by Crippen LogP contribution is 2.30. The Bertz CT molecular complexity index is 551. The van der Waals surface area contributed by atoms with E-state index in [-0.39, 0.29) is 0 Å². The number of aryl methyl sites for hydroxylation is 1. The van der Waals surface area contributed by atoms with Crippen LogP contribution in [0.25, 0.3) is 10.4 Å². The summed E-state index contributed by atoms with van der Waals surface area (Å²) in [6, 6.07) is 12.0. The molecule has 80 valence electrons. The van der Waals surface area contributed by atoms with Gasteiger partial charge in [-0.15, -0.1) is 11.3 Å². The van der Waals surface area contributed by atoms with Crippen LogP contribution in [-0.2, 0) is 0 Å². The van der Waals surface area contributed by atoms with E-state index in [1.54, 1.807) is 7.11 Å². The highest BCUT2D eigenvalue weighted by Gasteiger charge is 2.05. The van der Waals surface area contributed by atoms with Crippen LogP contribution in [0.15, 0.2) is 30.3 Å². The van der Waals surface area contributed by atoms with E-state index in [9.17, 15) is 0 Å². The van der Waals surface area contributed by atoms with Crippen molar-refractivity contribution in [2.24, 2.45) is 0 Å². The van der Waals surface area contributed by atoms with E-state index >= 15 is 0 Å². The number of benzene rings is 1. The third-order valence-electron chi connectivity index (χ3n) is 2.40. The molecular formula is C13H11NOS. The lowest BCUT2D eigenvalue weighted by molar-refractivity contribution is 0.412. The van der Waals surface area contributed by atoms with Crippen molar-refractivity contribution in [2.75, 3.05) is 7.11 Å². The molecule has 1 aromatic carbocycles. The first-order chi connectivity index (χ1) is 7.74. The lowest BCUT2D eigenvalue weighted by atomic mass is 10.1. The van der Waals surface area contributed by atoms with E-state index in [4.69, 9.17) is 10.00 Å². The molecule has 0 aliphatic rings. The number of methoxy groups -OCH3 is 1. The lowest BCUT2D eigenvalue weighted by Crippen LogP contribution is -1.86. The fraction of sp³-hybridized carbons (Fsp3) is 0.154. The highest BCUT2D eigenvalue weighted by molar-refractivity contribution is 7.16. The monoisotopic (exact) mass is 229 g/mol. The van der Waals surface area contributed by atoms with Gasteiger partial charge in [-0.3, -0.25) is 0 Å². The van der Waals surface area contributed by atoms with Gasteiger partial charge in [0.15, 0.2) is 0 Å². The molecule has 0 saturated heterocycles. The van der Waals surface area contributed by atoms with Crippen molar-refractivity contribution < 1.29 is 4.74 Å². The highest BCUT2D eigenvalue weighted by atomic mass is 32.1. The Morgan fingerprint density at radius 2 is 2.06 bits per heavy atom. The Balaban J connectivity index is 2.42. The first-order valence-electron chi connectivity index (χ1n) is 4.89. The van der Waals surface area contributed by atoms with Crippen LogP contribution in [0.5, 0.6) is 5.75 Å². The molecule has 0 saturated carbocycles. The van der Waals surface area contributed by atoms with Crippen molar-refractivity contribution in [1.29, 1.82) is 5.26 Å². The van der Waals surface area contributed by atoms with E-state index < -0.39 is 0 Å². The molecule has 1 heterocycles. The van der Waals surface area contributed by atoms with Crippen LogP contribution in [0.4, 0.5) is 0 Å². The molecule has 0 radical (unpaired) electrons. The van der Waals surface area contributed by atoms with Crippen LogP contribution >= 0.6 is 11.3 Å². The summed E-state index contributed by atoms with van der Waals surface area (Å²) in [4.78, 5) is 1.85. The molecule has 0 N–H and O–H groups in total. The van der Waals surface area contributed by atoms with Gasteiger partial charge >= 0.3 is 0 Å². The van der Waals surface area contributed by atoms with Gasteiger partial charge < -0.3 is 4.74 Å². The summed E-state index contributed by atoms with van der Waals surface area (Å²) >= 11 is 1.51. The van der Waals surface area contributed by atoms with Crippen LogP contribution in [0.1, 0.15) is 10.4 Å². The van der Waals surface area contributed by atoms with Crippen molar-refractivity contribution in [2.45, 2.75) is 6.92 Å². The molecule has 0 aliphatic heterocycles. The average Bonchev–Trinajstić information content (AvgIpc) is 2.77. The second-order valence-electron chi connectivity index (χ2n) is 3.46. The molecule has 2 rings (SSSR count). The molecule has 1 aromatic heterocycles. The fourth-order valence-corrected chi connectivity index (χ4v) is 2.38. The normalized spacial score (nSPS) is 9.81. The van der Waals surface area contributed by atoms with Gasteiger partial charge in [-0.05, 0) is 48.4 Å². The fourth-order valence-electron chi connectivity index (χ4n) is 1.58. The maximum Gasteiger partial charge on any atom is 0.121 e. The van der Waals surface area contributed by atoms with Gasteiger partial charge in [0.1, 0.15) is 16.7 Å². The molecule has 0 amide bonds. The lowest BCUT2D eigenvalue weighted by Gasteiger charge is -2.05. The standard InChI is InChI=1S/C13H11NOS/c1-9-7-10(3-5-12(9)15-2)13-6-4-11(8-14)16-13/h3-7H,1-2H3. The molecule has 0 fully saturated rings. The molecule has 16 heavy (non-hydrogen) atoms. The summed E-state index contributed by atoms with van der Waals surface area (Å²) in [5, 5.41) is 8.78. The van der Waals surface area contributed by atoms with Crippen LogP contribution < -0.4 is 4.74 Å². The Hall–Kier alpha value is -1.79. The summed E-state index contributed by atoms with van der Waals surface area (Å²) in [5.41, 5.74) is 2.23. The molecule has 0 atom stereocenters. The Morgan fingerprint density at radius 3 is 2.62 bits per heavy atom. The van der Waals surface area contributed by atoms with E-state index in [2.05, 4.69) is 12.1 Å². The van der Waals surface area contributed by atoms with Crippen molar-refractivity contribution in [3.05, 3.63) is 40.8 Å². The van der Waals surface area contributed by atoms with Crippen LogP contribution in [0.2, 0.25) is 0 Å². The molecule has 0 bridgehead atoms. The first-order valence-corrected chi connectivity index (χ1v) is 5.71. The molecule has 0 aliphatic carbocycles. The van der Waals surface area contributed by atoms with E-state index in [1.165, 1.54) is 11.3 Å². The van der Waals surface area contributed by atoms with Crippen LogP contribution in [0.3, 0.4) is 0 Å². The summed E-state index contributed by atoms with van der Waals surface area (Å²) < 4.78 is 5.21. The minimum Gasteiger partial charge on any atom is -0.496 e. The van der Waals surface area contributed by atoms with Gasteiger partial charge in [0.05, 0.1) is 7.11 Å². The maximum absolute atomic E-state index is 8.78. The van der Waals surface area contributed by atoms with Crippen molar-refractivity contribution >= 4 is 11.3 Å². The molecular weight excluding hydrogens is 218 g/mol. The largest absolute Gasteiger partial charge is 0.496 e. The number of ether oxygens (including phenoxy) is 1. The van der Waals surface area contributed by atoms with Crippen LogP contribution in [0, 0.1) is 18.3 Å². The topological polar surface area (TPSA) is 33.0 Å².